The van der Waals surface area contributed by atoms with Crippen molar-refractivity contribution < 1.29 is 9.90 Å². The van der Waals surface area contributed by atoms with Crippen LogP contribution in [0.3, 0.4) is 0 Å². The minimum absolute atomic E-state index is 0.221. The molecule has 0 aromatic heterocycles. The lowest BCUT2D eigenvalue weighted by Crippen LogP contribution is -2.44. The number of hydrogen-bond acceptors (Lipinski definition) is 3. The van der Waals surface area contributed by atoms with Gasteiger partial charge in [0.15, 0.2) is 0 Å². The second-order valence-corrected chi connectivity index (χ2v) is 4.10. The summed E-state index contributed by atoms with van der Waals surface area (Å²) >= 11 is 0. The molecule has 17 heavy (non-hydrogen) atoms. The van der Waals surface area contributed by atoms with E-state index in [1.165, 1.54) is 0 Å². The van der Waals surface area contributed by atoms with Crippen molar-refractivity contribution in [1.29, 1.82) is 0 Å². The van der Waals surface area contributed by atoms with Crippen LogP contribution in [0.25, 0.3) is 0 Å². The molecule has 1 aromatic carbocycles. The zero-order chi connectivity index (χ0) is 12.7. The van der Waals surface area contributed by atoms with E-state index >= 15 is 0 Å². The average Bonchev–Trinajstić information content (AvgIpc) is 2.36. The predicted molar refractivity (Wildman–Crippen MR) is 67.4 cm³/mol. The lowest BCUT2D eigenvalue weighted by atomic mass is 10.1. The molecular weight excluding hydrogens is 216 g/mol. The molecule has 0 heterocycles. The topological polar surface area (TPSA) is 75.3 Å². The number of rotatable bonds is 6. The molecule has 1 aromatic rings. The summed E-state index contributed by atoms with van der Waals surface area (Å²) in [5.41, 5.74) is 6.82. The standard InChI is InChI=1S/C13H20N2O2/c1-2-11(16)9-15-13(17)12(14)8-10-6-4-3-5-7-10/h3-7,11-12,16H,2,8-9,14H2,1H3,(H,15,17)/t11?,12-/m1/s1. The first-order chi connectivity index (χ1) is 8.13. The molecule has 0 saturated carbocycles. The third kappa shape index (κ3) is 4.97. The van der Waals surface area contributed by atoms with Crippen molar-refractivity contribution in [3.8, 4) is 0 Å². The monoisotopic (exact) mass is 236 g/mol. The van der Waals surface area contributed by atoms with Gasteiger partial charge in [0.25, 0.3) is 0 Å². The van der Waals surface area contributed by atoms with Gasteiger partial charge in [0.05, 0.1) is 12.1 Å². The largest absolute Gasteiger partial charge is 0.391 e. The van der Waals surface area contributed by atoms with Crippen LogP contribution in [0.1, 0.15) is 18.9 Å². The minimum Gasteiger partial charge on any atom is -0.391 e. The Morgan fingerprint density at radius 1 is 1.41 bits per heavy atom. The van der Waals surface area contributed by atoms with Gasteiger partial charge in [-0.1, -0.05) is 37.3 Å². The Bertz CT molecular complexity index is 341. The first-order valence-electron chi connectivity index (χ1n) is 5.88. The summed E-state index contributed by atoms with van der Waals surface area (Å²) in [5, 5.41) is 12.0. The highest BCUT2D eigenvalue weighted by molar-refractivity contribution is 5.81. The molecule has 1 amide bonds. The number of benzene rings is 1. The Hall–Kier alpha value is -1.39. The summed E-state index contributed by atoms with van der Waals surface area (Å²) in [5.74, 6) is -0.221. The Morgan fingerprint density at radius 3 is 2.65 bits per heavy atom. The number of amides is 1. The molecule has 0 bridgehead atoms. The van der Waals surface area contributed by atoms with Crippen LogP contribution in [-0.2, 0) is 11.2 Å². The normalized spacial score (nSPS) is 14.1. The van der Waals surface area contributed by atoms with Gasteiger partial charge >= 0.3 is 0 Å². The molecule has 1 unspecified atom stereocenters. The summed E-state index contributed by atoms with van der Waals surface area (Å²) in [6.45, 7) is 2.12. The van der Waals surface area contributed by atoms with Crippen molar-refractivity contribution in [2.45, 2.75) is 31.9 Å². The van der Waals surface area contributed by atoms with Crippen LogP contribution >= 0.6 is 0 Å². The molecule has 0 saturated heterocycles. The fourth-order valence-electron chi connectivity index (χ4n) is 1.45. The number of aliphatic hydroxyl groups excluding tert-OH is 1. The van der Waals surface area contributed by atoms with E-state index < -0.39 is 12.1 Å². The lowest BCUT2D eigenvalue weighted by molar-refractivity contribution is -0.122. The van der Waals surface area contributed by atoms with Crippen molar-refractivity contribution in [2.75, 3.05) is 6.54 Å². The molecule has 0 fully saturated rings. The van der Waals surface area contributed by atoms with Gasteiger partial charge in [-0.25, -0.2) is 0 Å². The molecule has 0 aliphatic rings. The van der Waals surface area contributed by atoms with E-state index in [4.69, 9.17) is 5.73 Å². The van der Waals surface area contributed by atoms with Crippen LogP contribution in [0.15, 0.2) is 30.3 Å². The molecular formula is C13H20N2O2. The molecule has 4 heteroatoms. The fourth-order valence-corrected chi connectivity index (χ4v) is 1.45. The first kappa shape index (κ1) is 13.7. The van der Waals surface area contributed by atoms with Crippen LogP contribution in [-0.4, -0.2) is 29.7 Å². The molecule has 94 valence electrons. The summed E-state index contributed by atoms with van der Waals surface area (Å²) in [6.07, 6.45) is 0.631. The number of carbonyl (C=O) groups is 1. The van der Waals surface area contributed by atoms with Gasteiger partial charge in [-0.05, 0) is 18.4 Å². The minimum atomic E-state index is -0.568. The highest BCUT2D eigenvalue weighted by atomic mass is 16.3. The van der Waals surface area contributed by atoms with Crippen LogP contribution < -0.4 is 11.1 Å². The van der Waals surface area contributed by atoms with Crippen LogP contribution in [0.5, 0.6) is 0 Å². The van der Waals surface area contributed by atoms with Gasteiger partial charge in [-0.15, -0.1) is 0 Å². The van der Waals surface area contributed by atoms with E-state index in [1.807, 2.05) is 37.3 Å². The summed E-state index contributed by atoms with van der Waals surface area (Å²) in [4.78, 5) is 11.6. The highest BCUT2D eigenvalue weighted by Crippen LogP contribution is 2.01. The maximum atomic E-state index is 11.6. The molecule has 1 rings (SSSR count). The predicted octanol–water partition coefficient (Wildman–Crippen LogP) is 0.444. The average molecular weight is 236 g/mol. The van der Waals surface area contributed by atoms with Crippen molar-refractivity contribution in [1.82, 2.24) is 5.32 Å². The number of nitrogens with two attached hydrogens (primary N) is 1. The van der Waals surface area contributed by atoms with Gasteiger partial charge in [-0.3, -0.25) is 4.79 Å². The number of aliphatic hydroxyl groups is 1. The van der Waals surface area contributed by atoms with E-state index in [2.05, 4.69) is 5.32 Å². The third-order valence-corrected chi connectivity index (χ3v) is 2.62. The highest BCUT2D eigenvalue weighted by Gasteiger charge is 2.14. The Labute approximate surface area is 102 Å². The molecule has 0 aliphatic heterocycles. The van der Waals surface area contributed by atoms with Gasteiger partial charge in [0.1, 0.15) is 0 Å². The lowest BCUT2D eigenvalue weighted by Gasteiger charge is -2.14. The van der Waals surface area contributed by atoms with Gasteiger partial charge in [0, 0.05) is 6.54 Å². The van der Waals surface area contributed by atoms with Crippen LogP contribution in [0, 0.1) is 0 Å². The zero-order valence-electron chi connectivity index (χ0n) is 10.1. The van der Waals surface area contributed by atoms with Crippen LogP contribution in [0.2, 0.25) is 0 Å². The Kier molecular flexibility index (Phi) is 5.66. The van der Waals surface area contributed by atoms with Crippen molar-refractivity contribution in [2.24, 2.45) is 5.73 Å². The van der Waals surface area contributed by atoms with Crippen LogP contribution in [0.4, 0.5) is 0 Å². The summed E-state index contributed by atoms with van der Waals surface area (Å²) < 4.78 is 0. The first-order valence-corrected chi connectivity index (χ1v) is 5.88. The van der Waals surface area contributed by atoms with Crippen molar-refractivity contribution in [3.05, 3.63) is 35.9 Å². The van der Waals surface area contributed by atoms with Crippen molar-refractivity contribution in [3.63, 3.8) is 0 Å². The zero-order valence-corrected chi connectivity index (χ0v) is 10.1. The molecule has 2 atom stereocenters. The number of nitrogens with one attached hydrogen (secondary N) is 1. The van der Waals surface area contributed by atoms with E-state index in [0.717, 1.165) is 5.56 Å². The summed E-state index contributed by atoms with van der Waals surface area (Å²) in [7, 11) is 0. The van der Waals surface area contributed by atoms with Gasteiger partial charge in [-0.2, -0.15) is 0 Å². The Morgan fingerprint density at radius 2 is 2.06 bits per heavy atom. The number of carbonyl (C=O) groups excluding carboxylic acids is 1. The molecule has 4 nitrogen and oxygen atoms in total. The van der Waals surface area contributed by atoms with E-state index in [-0.39, 0.29) is 12.5 Å². The number of hydrogen-bond donors (Lipinski definition) is 3. The molecule has 0 aliphatic carbocycles. The fraction of sp³-hybridized carbons (Fsp3) is 0.462. The second-order valence-electron chi connectivity index (χ2n) is 4.10. The molecule has 4 N–H and O–H groups in total. The SMILES string of the molecule is CCC(O)CNC(=O)[C@H](N)Cc1ccccc1. The van der Waals surface area contributed by atoms with E-state index in [9.17, 15) is 9.90 Å². The maximum Gasteiger partial charge on any atom is 0.237 e. The molecule has 0 spiro atoms. The maximum absolute atomic E-state index is 11.6. The smallest absolute Gasteiger partial charge is 0.237 e. The molecule has 0 radical (unpaired) electrons. The summed E-state index contributed by atoms with van der Waals surface area (Å²) in [6, 6.07) is 9.07. The van der Waals surface area contributed by atoms with Gasteiger partial charge < -0.3 is 16.2 Å². The quantitative estimate of drug-likeness (QED) is 0.671. The van der Waals surface area contributed by atoms with E-state index in [1.54, 1.807) is 0 Å². The third-order valence-electron chi connectivity index (χ3n) is 2.62. The van der Waals surface area contributed by atoms with Crippen molar-refractivity contribution >= 4 is 5.91 Å². The Balaban J connectivity index is 2.37. The second kappa shape index (κ2) is 7.04. The van der Waals surface area contributed by atoms with E-state index in [0.29, 0.717) is 12.8 Å². The van der Waals surface area contributed by atoms with Gasteiger partial charge in [0.2, 0.25) is 5.91 Å².